The largest absolute Gasteiger partial charge is 0.444 e. The quantitative estimate of drug-likeness (QED) is 0.304. The molecule has 8 heteroatoms. The molecule has 28 heavy (non-hydrogen) atoms. The molecule has 0 radical (unpaired) electrons. The van der Waals surface area contributed by atoms with Gasteiger partial charge in [0.2, 0.25) is 11.8 Å². The summed E-state index contributed by atoms with van der Waals surface area (Å²) < 4.78 is 11.2. The molecule has 0 bridgehead atoms. The van der Waals surface area contributed by atoms with Gasteiger partial charge in [-0.25, -0.2) is 15.0 Å². The smallest absolute Gasteiger partial charge is 0.226 e. The van der Waals surface area contributed by atoms with Crippen LogP contribution >= 0.6 is 24.0 Å². The highest BCUT2D eigenvalue weighted by Crippen LogP contribution is 2.19. The van der Waals surface area contributed by atoms with Gasteiger partial charge in [-0.05, 0) is 39.8 Å². The van der Waals surface area contributed by atoms with E-state index in [1.807, 2.05) is 45.0 Å². The summed E-state index contributed by atoms with van der Waals surface area (Å²) in [4.78, 5) is 13.4. The Hall–Kier alpha value is -2.36. The summed E-state index contributed by atoms with van der Waals surface area (Å²) >= 11 is 0. The average Bonchev–Trinajstić information content (AvgIpc) is 3.25. The lowest BCUT2D eigenvalue weighted by Gasteiger charge is -2.09. The maximum Gasteiger partial charge on any atom is 0.226 e. The number of aryl methyl sites for hydroxylation is 3. The molecule has 0 aliphatic heterocycles. The van der Waals surface area contributed by atoms with Gasteiger partial charge < -0.3 is 19.5 Å². The molecule has 2 heterocycles. The van der Waals surface area contributed by atoms with Crippen molar-refractivity contribution in [1.82, 2.24) is 20.6 Å². The molecule has 2 N–H and O–H groups in total. The van der Waals surface area contributed by atoms with Crippen LogP contribution in [-0.4, -0.2) is 22.5 Å². The van der Waals surface area contributed by atoms with E-state index >= 15 is 0 Å². The van der Waals surface area contributed by atoms with E-state index in [9.17, 15) is 0 Å². The lowest BCUT2D eigenvalue weighted by molar-refractivity contribution is 0.463. The second-order valence-electron chi connectivity index (χ2n) is 6.31. The lowest BCUT2D eigenvalue weighted by Crippen LogP contribution is -2.36. The zero-order chi connectivity index (χ0) is 19.2. The Kier molecular flexibility index (Phi) is 8.04. The number of halogens is 1. The molecule has 0 saturated heterocycles. The Balaban J connectivity index is 0.00000280. The van der Waals surface area contributed by atoms with Crippen molar-refractivity contribution >= 4 is 29.9 Å². The second-order valence-corrected chi connectivity index (χ2v) is 6.31. The first-order valence-corrected chi connectivity index (χ1v) is 9.01. The molecule has 0 fully saturated rings. The molecule has 0 spiro atoms. The Bertz CT molecular complexity index is 896. The average molecular weight is 495 g/mol. The molecule has 3 aromatic rings. The van der Waals surface area contributed by atoms with Crippen LogP contribution in [0.2, 0.25) is 0 Å². The third-order valence-electron chi connectivity index (χ3n) is 4.07. The van der Waals surface area contributed by atoms with Gasteiger partial charge in [-0.3, -0.25) is 0 Å². The van der Waals surface area contributed by atoms with E-state index in [4.69, 9.17) is 8.83 Å². The number of hydrogen-bond acceptors (Lipinski definition) is 5. The van der Waals surface area contributed by atoms with Crippen LogP contribution in [0.1, 0.15) is 35.5 Å². The van der Waals surface area contributed by atoms with Crippen molar-refractivity contribution in [2.24, 2.45) is 4.99 Å². The van der Waals surface area contributed by atoms with Gasteiger partial charge in [-0.1, -0.05) is 17.7 Å². The number of rotatable bonds is 6. The second kappa shape index (κ2) is 10.3. The standard InChI is InChI=1S/C20H25N5O2.HI/c1-5-21-20(23-11-18-24-14(3)15(4)27-18)22-10-17-12-26-19(25-17)16-8-6-13(2)7-9-16;/h6-9,12H,5,10-11H2,1-4H3,(H2,21,22,23);1H. The summed E-state index contributed by atoms with van der Waals surface area (Å²) in [7, 11) is 0. The van der Waals surface area contributed by atoms with Crippen LogP contribution in [0, 0.1) is 20.8 Å². The normalized spacial score (nSPS) is 11.2. The summed E-state index contributed by atoms with van der Waals surface area (Å²) in [6.07, 6.45) is 1.64. The zero-order valence-electron chi connectivity index (χ0n) is 16.6. The summed E-state index contributed by atoms with van der Waals surface area (Å²) in [5.74, 6) is 2.74. The molecule has 150 valence electrons. The van der Waals surface area contributed by atoms with Gasteiger partial charge in [0, 0.05) is 12.1 Å². The van der Waals surface area contributed by atoms with Crippen molar-refractivity contribution in [1.29, 1.82) is 0 Å². The van der Waals surface area contributed by atoms with Crippen molar-refractivity contribution in [3.8, 4) is 11.5 Å². The van der Waals surface area contributed by atoms with E-state index in [0.29, 0.717) is 30.8 Å². The number of hydrogen-bond donors (Lipinski definition) is 2. The third kappa shape index (κ3) is 5.82. The summed E-state index contributed by atoms with van der Waals surface area (Å²) in [5, 5.41) is 6.42. The van der Waals surface area contributed by atoms with Crippen LogP contribution in [0.15, 0.2) is 44.4 Å². The lowest BCUT2D eigenvalue weighted by atomic mass is 10.1. The van der Waals surface area contributed by atoms with Crippen molar-refractivity contribution in [3.05, 3.63) is 59.1 Å². The van der Waals surface area contributed by atoms with Crippen LogP contribution in [0.5, 0.6) is 0 Å². The van der Waals surface area contributed by atoms with Crippen LogP contribution in [0.4, 0.5) is 0 Å². The van der Waals surface area contributed by atoms with Crippen molar-refractivity contribution in [2.45, 2.75) is 40.8 Å². The Morgan fingerprint density at radius 3 is 2.46 bits per heavy atom. The molecule has 0 saturated carbocycles. The van der Waals surface area contributed by atoms with Gasteiger partial charge in [-0.15, -0.1) is 24.0 Å². The number of aromatic nitrogens is 2. The Labute approximate surface area is 182 Å². The highest BCUT2D eigenvalue weighted by molar-refractivity contribution is 14.0. The molecule has 7 nitrogen and oxygen atoms in total. The van der Waals surface area contributed by atoms with E-state index in [0.717, 1.165) is 29.3 Å². The van der Waals surface area contributed by atoms with Crippen LogP contribution in [0.25, 0.3) is 11.5 Å². The molecule has 0 aliphatic rings. The minimum absolute atomic E-state index is 0. The van der Waals surface area contributed by atoms with Crippen LogP contribution in [0.3, 0.4) is 0 Å². The monoisotopic (exact) mass is 495 g/mol. The van der Waals surface area contributed by atoms with Gasteiger partial charge >= 0.3 is 0 Å². The SMILES string of the molecule is CCNC(=NCc1coc(-c2ccc(C)cc2)n1)NCc1nc(C)c(C)o1.I. The summed E-state index contributed by atoms with van der Waals surface area (Å²) in [6.45, 7) is 9.53. The van der Waals surface area contributed by atoms with E-state index in [2.05, 4.69) is 32.5 Å². The van der Waals surface area contributed by atoms with E-state index in [1.54, 1.807) is 6.26 Å². The molecular weight excluding hydrogens is 469 g/mol. The predicted octanol–water partition coefficient (Wildman–Crippen LogP) is 4.13. The third-order valence-corrected chi connectivity index (χ3v) is 4.07. The van der Waals surface area contributed by atoms with Crippen LogP contribution < -0.4 is 10.6 Å². The molecular formula is C20H26IN5O2. The first-order chi connectivity index (χ1) is 13.0. The van der Waals surface area contributed by atoms with Gasteiger partial charge in [-0.2, -0.15) is 0 Å². The van der Waals surface area contributed by atoms with Gasteiger partial charge in [0.1, 0.15) is 17.7 Å². The number of nitrogens with one attached hydrogen (secondary N) is 2. The molecule has 0 amide bonds. The van der Waals surface area contributed by atoms with Gasteiger partial charge in [0.05, 0.1) is 18.8 Å². The maximum absolute atomic E-state index is 5.58. The van der Waals surface area contributed by atoms with Crippen molar-refractivity contribution < 1.29 is 8.83 Å². The highest BCUT2D eigenvalue weighted by atomic mass is 127. The fourth-order valence-electron chi connectivity index (χ4n) is 2.48. The first kappa shape index (κ1) is 21.9. The number of aliphatic imine (C=N–C) groups is 1. The van der Waals surface area contributed by atoms with Crippen LogP contribution in [-0.2, 0) is 13.1 Å². The van der Waals surface area contributed by atoms with E-state index < -0.39 is 0 Å². The van der Waals surface area contributed by atoms with Gasteiger partial charge in [0.15, 0.2) is 5.96 Å². The molecule has 2 aromatic heterocycles. The molecule has 0 unspecified atom stereocenters. The molecule has 0 atom stereocenters. The summed E-state index contributed by atoms with van der Waals surface area (Å²) in [5.41, 5.74) is 3.83. The molecule has 0 aliphatic carbocycles. The molecule has 3 rings (SSSR count). The minimum Gasteiger partial charge on any atom is -0.444 e. The topological polar surface area (TPSA) is 88.5 Å². The fraction of sp³-hybridized carbons (Fsp3) is 0.350. The number of guanidine groups is 1. The van der Waals surface area contributed by atoms with Crippen molar-refractivity contribution in [2.75, 3.05) is 6.54 Å². The van der Waals surface area contributed by atoms with Gasteiger partial charge in [0.25, 0.3) is 0 Å². The first-order valence-electron chi connectivity index (χ1n) is 9.01. The number of benzene rings is 1. The molecule has 1 aromatic carbocycles. The highest BCUT2D eigenvalue weighted by Gasteiger charge is 2.08. The fourth-order valence-corrected chi connectivity index (χ4v) is 2.48. The van der Waals surface area contributed by atoms with Crippen molar-refractivity contribution in [3.63, 3.8) is 0 Å². The summed E-state index contributed by atoms with van der Waals surface area (Å²) in [6, 6.07) is 8.08. The minimum atomic E-state index is 0. The van der Waals surface area contributed by atoms with E-state index in [1.165, 1.54) is 5.56 Å². The number of oxazole rings is 2. The maximum atomic E-state index is 5.58. The van der Waals surface area contributed by atoms with E-state index in [-0.39, 0.29) is 24.0 Å². The zero-order valence-corrected chi connectivity index (χ0v) is 18.9. The Morgan fingerprint density at radius 1 is 1.07 bits per heavy atom. The Morgan fingerprint density at radius 2 is 1.82 bits per heavy atom. The number of nitrogens with zero attached hydrogens (tertiary/aromatic N) is 3. The predicted molar refractivity (Wildman–Crippen MR) is 120 cm³/mol.